The normalized spacial score (nSPS) is 15.3. The summed E-state index contributed by atoms with van der Waals surface area (Å²) in [6, 6.07) is 0.0624. The Balaban J connectivity index is 3.65. The Morgan fingerprint density at radius 1 is 0.900 bits per heavy atom. The van der Waals surface area contributed by atoms with Crippen molar-refractivity contribution in [2.45, 2.75) is 46.3 Å². The van der Waals surface area contributed by atoms with Crippen LogP contribution < -0.4 is 5.73 Å². The molecule has 20 heavy (non-hydrogen) atoms. The van der Waals surface area contributed by atoms with Crippen molar-refractivity contribution in [2.75, 3.05) is 46.8 Å². The number of hydrogen-bond acceptors (Lipinski definition) is 5. The molecule has 0 saturated heterocycles. The van der Waals surface area contributed by atoms with E-state index in [4.69, 9.17) is 24.7 Å². The first-order valence-corrected chi connectivity index (χ1v) is 7.45. The molecular formula is C15H33NO4. The molecule has 0 aliphatic rings. The topological polar surface area (TPSA) is 62.9 Å². The van der Waals surface area contributed by atoms with Gasteiger partial charge in [-0.15, -0.1) is 0 Å². The Kier molecular flexibility index (Phi) is 11.3. The highest BCUT2D eigenvalue weighted by molar-refractivity contribution is 4.83. The maximum Gasteiger partial charge on any atom is 0.0775 e. The summed E-state index contributed by atoms with van der Waals surface area (Å²) < 4.78 is 21.5. The fourth-order valence-corrected chi connectivity index (χ4v) is 1.93. The van der Waals surface area contributed by atoms with Gasteiger partial charge in [0.25, 0.3) is 0 Å². The third-order valence-corrected chi connectivity index (χ3v) is 3.04. The van der Waals surface area contributed by atoms with Crippen molar-refractivity contribution < 1.29 is 18.9 Å². The van der Waals surface area contributed by atoms with Gasteiger partial charge in [0, 0.05) is 13.2 Å². The van der Waals surface area contributed by atoms with Gasteiger partial charge >= 0.3 is 0 Å². The van der Waals surface area contributed by atoms with E-state index in [-0.39, 0.29) is 17.6 Å². The van der Waals surface area contributed by atoms with Gasteiger partial charge < -0.3 is 24.7 Å². The van der Waals surface area contributed by atoms with Crippen molar-refractivity contribution in [3.05, 3.63) is 0 Å². The second-order valence-electron chi connectivity index (χ2n) is 5.95. The van der Waals surface area contributed by atoms with E-state index >= 15 is 0 Å². The van der Waals surface area contributed by atoms with Crippen LogP contribution in [0, 0.1) is 5.41 Å². The molecule has 0 amide bonds. The van der Waals surface area contributed by atoms with Crippen LogP contribution in [-0.4, -0.2) is 58.9 Å². The van der Waals surface area contributed by atoms with Crippen molar-refractivity contribution in [2.24, 2.45) is 11.1 Å². The fourth-order valence-electron chi connectivity index (χ4n) is 1.93. The fraction of sp³-hybridized carbons (Fsp3) is 1.00. The van der Waals surface area contributed by atoms with Crippen molar-refractivity contribution in [3.63, 3.8) is 0 Å². The Labute approximate surface area is 124 Å². The molecule has 5 heteroatoms. The zero-order valence-corrected chi connectivity index (χ0v) is 13.8. The van der Waals surface area contributed by atoms with Crippen LogP contribution in [0.15, 0.2) is 0 Å². The number of methoxy groups -OCH3 is 1. The Hall–Kier alpha value is -0.200. The molecule has 0 aliphatic carbocycles. The molecule has 122 valence electrons. The summed E-state index contributed by atoms with van der Waals surface area (Å²) >= 11 is 0. The van der Waals surface area contributed by atoms with E-state index in [1.165, 1.54) is 0 Å². The molecular weight excluding hydrogens is 258 g/mol. The second kappa shape index (κ2) is 11.5. The first kappa shape index (κ1) is 19.8. The lowest BCUT2D eigenvalue weighted by molar-refractivity contribution is -0.0614. The number of nitrogens with two attached hydrogens (primary N) is 1. The zero-order chi connectivity index (χ0) is 15.4. The quantitative estimate of drug-likeness (QED) is 0.556. The predicted molar refractivity (Wildman–Crippen MR) is 81.0 cm³/mol. The lowest BCUT2D eigenvalue weighted by atomic mass is 9.84. The molecule has 0 aromatic rings. The smallest absolute Gasteiger partial charge is 0.0775 e. The van der Waals surface area contributed by atoms with Crippen LogP contribution in [0.2, 0.25) is 0 Å². The molecule has 0 radical (unpaired) electrons. The minimum atomic E-state index is 0.0404. The molecule has 2 unspecified atom stereocenters. The maximum atomic E-state index is 6.11. The largest absolute Gasteiger partial charge is 0.382 e. The summed E-state index contributed by atoms with van der Waals surface area (Å²) in [7, 11) is 1.66. The molecule has 0 bridgehead atoms. The van der Waals surface area contributed by atoms with Gasteiger partial charge in [-0.3, -0.25) is 0 Å². The highest BCUT2D eigenvalue weighted by atomic mass is 16.6. The molecule has 0 spiro atoms. The summed E-state index contributed by atoms with van der Waals surface area (Å²) in [6.45, 7) is 12.0. The summed E-state index contributed by atoms with van der Waals surface area (Å²) in [5.74, 6) is 0. The minimum Gasteiger partial charge on any atom is -0.382 e. The monoisotopic (exact) mass is 291 g/mol. The van der Waals surface area contributed by atoms with Crippen molar-refractivity contribution >= 4 is 0 Å². The molecule has 0 aliphatic heterocycles. The van der Waals surface area contributed by atoms with Gasteiger partial charge in [-0.1, -0.05) is 27.7 Å². The molecule has 5 nitrogen and oxygen atoms in total. The predicted octanol–water partition coefficient (Wildman–Crippen LogP) is 1.83. The van der Waals surface area contributed by atoms with Crippen LogP contribution in [-0.2, 0) is 18.9 Å². The van der Waals surface area contributed by atoms with Crippen LogP contribution in [0.5, 0.6) is 0 Å². The number of rotatable bonds is 12. The van der Waals surface area contributed by atoms with Crippen LogP contribution in [0.4, 0.5) is 0 Å². The molecule has 0 aromatic carbocycles. The lowest BCUT2D eigenvalue weighted by Gasteiger charge is -2.34. The summed E-state index contributed by atoms with van der Waals surface area (Å²) in [5.41, 5.74) is 6.15. The Morgan fingerprint density at radius 2 is 1.40 bits per heavy atom. The highest BCUT2D eigenvalue weighted by Gasteiger charge is 2.29. The zero-order valence-electron chi connectivity index (χ0n) is 13.8. The first-order valence-electron chi connectivity index (χ1n) is 7.45. The lowest BCUT2D eigenvalue weighted by Crippen LogP contribution is -2.45. The molecule has 0 rings (SSSR count). The van der Waals surface area contributed by atoms with Gasteiger partial charge in [0.05, 0.1) is 45.7 Å². The van der Waals surface area contributed by atoms with Crippen LogP contribution in [0.25, 0.3) is 0 Å². The van der Waals surface area contributed by atoms with Crippen molar-refractivity contribution in [1.82, 2.24) is 0 Å². The molecule has 2 atom stereocenters. The first-order chi connectivity index (χ1) is 9.43. The molecule has 0 aromatic heterocycles. The van der Waals surface area contributed by atoms with E-state index in [1.807, 2.05) is 0 Å². The number of hydrogen-bond donors (Lipinski definition) is 1. The van der Waals surface area contributed by atoms with Gasteiger partial charge in [-0.05, 0) is 11.8 Å². The minimum absolute atomic E-state index is 0.0404. The average Bonchev–Trinajstić information content (AvgIpc) is 2.39. The third kappa shape index (κ3) is 9.66. The SMILES string of the molecule is CCC(N)C(OCCOCCOCCOC)C(C)(C)C. The highest BCUT2D eigenvalue weighted by Crippen LogP contribution is 2.25. The van der Waals surface area contributed by atoms with Gasteiger partial charge in [-0.2, -0.15) is 0 Å². The Morgan fingerprint density at radius 3 is 1.85 bits per heavy atom. The Bertz CT molecular complexity index is 218. The third-order valence-electron chi connectivity index (χ3n) is 3.04. The van der Waals surface area contributed by atoms with Gasteiger partial charge in [0.1, 0.15) is 0 Å². The van der Waals surface area contributed by atoms with Gasteiger partial charge in [0.15, 0.2) is 0 Å². The van der Waals surface area contributed by atoms with Crippen molar-refractivity contribution in [1.29, 1.82) is 0 Å². The van der Waals surface area contributed by atoms with E-state index < -0.39 is 0 Å². The van der Waals surface area contributed by atoms with E-state index in [2.05, 4.69) is 27.7 Å². The summed E-state index contributed by atoms with van der Waals surface area (Å²) in [6.07, 6.45) is 0.963. The average molecular weight is 291 g/mol. The van der Waals surface area contributed by atoms with Crippen LogP contribution >= 0.6 is 0 Å². The number of ether oxygens (including phenoxy) is 4. The summed E-state index contributed by atoms with van der Waals surface area (Å²) in [5, 5.41) is 0. The van der Waals surface area contributed by atoms with Crippen LogP contribution in [0.3, 0.4) is 0 Å². The van der Waals surface area contributed by atoms with E-state index in [0.717, 1.165) is 6.42 Å². The standard InChI is InChI=1S/C15H33NO4/c1-6-13(16)14(15(2,3)4)20-12-11-19-10-9-18-8-7-17-5/h13-14H,6-12,16H2,1-5H3. The van der Waals surface area contributed by atoms with Crippen molar-refractivity contribution in [3.8, 4) is 0 Å². The molecule has 0 heterocycles. The molecule has 0 fully saturated rings. The van der Waals surface area contributed by atoms with E-state index in [0.29, 0.717) is 39.6 Å². The maximum absolute atomic E-state index is 6.11. The van der Waals surface area contributed by atoms with Gasteiger partial charge in [-0.25, -0.2) is 0 Å². The molecule has 0 saturated carbocycles. The summed E-state index contributed by atoms with van der Waals surface area (Å²) in [4.78, 5) is 0. The van der Waals surface area contributed by atoms with Gasteiger partial charge in [0.2, 0.25) is 0 Å². The van der Waals surface area contributed by atoms with Crippen LogP contribution in [0.1, 0.15) is 34.1 Å². The second-order valence-corrected chi connectivity index (χ2v) is 5.95. The molecule has 2 N–H and O–H groups in total. The van der Waals surface area contributed by atoms with E-state index in [9.17, 15) is 0 Å². The van der Waals surface area contributed by atoms with E-state index in [1.54, 1.807) is 7.11 Å².